The summed E-state index contributed by atoms with van der Waals surface area (Å²) in [6.07, 6.45) is 2.13. The summed E-state index contributed by atoms with van der Waals surface area (Å²) in [5.41, 5.74) is 0.958. The van der Waals surface area contributed by atoms with Crippen LogP contribution in [0, 0.1) is 0 Å². The van der Waals surface area contributed by atoms with E-state index in [0.29, 0.717) is 0 Å². The van der Waals surface area contributed by atoms with Crippen LogP contribution in [0.2, 0.25) is 0 Å². The normalized spacial score (nSPS) is 14.5. The van der Waals surface area contributed by atoms with Crippen molar-refractivity contribution in [1.29, 1.82) is 0 Å². The Kier molecular flexibility index (Phi) is 4.94. The molecule has 3 rings (SSSR count). The van der Waals surface area contributed by atoms with Crippen LogP contribution in [-0.2, 0) is 9.59 Å². The van der Waals surface area contributed by atoms with Crippen LogP contribution in [0.25, 0.3) is 10.2 Å². The third-order valence-electron chi connectivity index (χ3n) is 3.50. The number of hydrogen-bond donors (Lipinski definition) is 1. The van der Waals surface area contributed by atoms with Crippen LogP contribution in [0.1, 0.15) is 12.8 Å². The Morgan fingerprint density at radius 1 is 1.27 bits per heavy atom. The summed E-state index contributed by atoms with van der Waals surface area (Å²) in [5.74, 6) is 0.167. The topological polar surface area (TPSA) is 62.3 Å². The highest BCUT2D eigenvalue weighted by Crippen LogP contribution is 2.28. The van der Waals surface area contributed by atoms with Crippen molar-refractivity contribution in [2.45, 2.75) is 17.2 Å². The zero-order valence-electron chi connectivity index (χ0n) is 12.1. The molecular formula is C15H17N3O2S2. The minimum atomic E-state index is -0.128. The van der Waals surface area contributed by atoms with E-state index < -0.39 is 0 Å². The van der Waals surface area contributed by atoms with Crippen LogP contribution in [-0.4, -0.2) is 47.1 Å². The summed E-state index contributed by atoms with van der Waals surface area (Å²) in [5, 5.41) is 2.69. The molecule has 1 fully saturated rings. The van der Waals surface area contributed by atoms with Crippen molar-refractivity contribution in [2.75, 3.05) is 25.4 Å². The predicted octanol–water partition coefficient (Wildman–Crippen LogP) is 2.13. The lowest BCUT2D eigenvalue weighted by Gasteiger charge is -2.15. The summed E-state index contributed by atoms with van der Waals surface area (Å²) >= 11 is 2.99. The van der Waals surface area contributed by atoms with E-state index in [-0.39, 0.29) is 24.1 Å². The minimum absolute atomic E-state index is 0.0100. The molecule has 0 radical (unpaired) electrons. The van der Waals surface area contributed by atoms with Gasteiger partial charge in [-0.3, -0.25) is 9.59 Å². The van der Waals surface area contributed by atoms with Crippen LogP contribution < -0.4 is 5.32 Å². The molecule has 1 aromatic heterocycles. The van der Waals surface area contributed by atoms with Crippen molar-refractivity contribution in [3.05, 3.63) is 24.3 Å². The number of thioether (sulfide) groups is 1. The summed E-state index contributed by atoms with van der Waals surface area (Å²) in [4.78, 5) is 29.9. The Morgan fingerprint density at radius 2 is 2.05 bits per heavy atom. The average Bonchev–Trinajstić information content (AvgIpc) is 3.19. The Balaban J connectivity index is 1.44. The maximum atomic E-state index is 11.8. The van der Waals surface area contributed by atoms with E-state index in [9.17, 15) is 9.59 Å². The number of fused-ring (bicyclic) bond motifs is 1. The fourth-order valence-electron chi connectivity index (χ4n) is 2.34. The van der Waals surface area contributed by atoms with Crippen molar-refractivity contribution in [1.82, 2.24) is 15.2 Å². The average molecular weight is 335 g/mol. The molecule has 0 saturated carbocycles. The van der Waals surface area contributed by atoms with Gasteiger partial charge in [-0.05, 0) is 25.0 Å². The number of hydrogen-bond acceptors (Lipinski definition) is 5. The monoisotopic (exact) mass is 335 g/mol. The lowest BCUT2D eigenvalue weighted by Crippen LogP contribution is -2.39. The van der Waals surface area contributed by atoms with E-state index in [2.05, 4.69) is 10.3 Å². The third-order valence-corrected chi connectivity index (χ3v) is 5.68. The largest absolute Gasteiger partial charge is 0.346 e. The molecule has 1 aliphatic rings. The molecule has 116 valence electrons. The smallest absolute Gasteiger partial charge is 0.241 e. The molecule has 0 atom stereocenters. The number of aromatic nitrogens is 1. The number of benzene rings is 1. The van der Waals surface area contributed by atoms with Gasteiger partial charge in [-0.15, -0.1) is 11.3 Å². The number of amides is 2. The Hall–Kier alpha value is -1.60. The summed E-state index contributed by atoms with van der Waals surface area (Å²) < 4.78 is 2.00. The van der Waals surface area contributed by atoms with Gasteiger partial charge in [0.05, 0.1) is 22.5 Å². The van der Waals surface area contributed by atoms with Gasteiger partial charge in [-0.1, -0.05) is 23.9 Å². The molecule has 1 N–H and O–H groups in total. The predicted molar refractivity (Wildman–Crippen MR) is 89.2 cm³/mol. The first kappa shape index (κ1) is 15.3. The van der Waals surface area contributed by atoms with Crippen LogP contribution in [0.4, 0.5) is 0 Å². The molecule has 5 nitrogen and oxygen atoms in total. The highest BCUT2D eigenvalue weighted by atomic mass is 32.2. The van der Waals surface area contributed by atoms with Crippen molar-refractivity contribution in [3.63, 3.8) is 0 Å². The van der Waals surface area contributed by atoms with Crippen molar-refractivity contribution < 1.29 is 9.59 Å². The fourth-order valence-corrected chi connectivity index (χ4v) is 4.24. The second-order valence-electron chi connectivity index (χ2n) is 5.10. The van der Waals surface area contributed by atoms with Gasteiger partial charge in [0.25, 0.3) is 0 Å². The maximum absolute atomic E-state index is 11.8. The number of para-hydroxylation sites is 1. The van der Waals surface area contributed by atoms with Crippen LogP contribution in [0.3, 0.4) is 0 Å². The molecule has 1 aromatic carbocycles. The molecule has 0 aliphatic carbocycles. The fraction of sp³-hybridized carbons (Fsp3) is 0.400. The number of nitrogens with zero attached hydrogens (tertiary/aromatic N) is 2. The minimum Gasteiger partial charge on any atom is -0.346 e. The molecule has 0 unspecified atom stereocenters. The number of thiazole rings is 1. The summed E-state index contributed by atoms with van der Waals surface area (Å²) in [7, 11) is 0. The van der Waals surface area contributed by atoms with Gasteiger partial charge in [0.2, 0.25) is 11.8 Å². The SMILES string of the molecule is O=C(CSc1nc2ccccc2s1)NCC(=O)N1CCCC1. The molecule has 2 amide bonds. The lowest BCUT2D eigenvalue weighted by molar-refractivity contribution is -0.131. The van der Waals surface area contributed by atoms with Gasteiger partial charge in [-0.2, -0.15) is 0 Å². The highest BCUT2D eigenvalue weighted by molar-refractivity contribution is 8.01. The Labute approximate surface area is 137 Å². The van der Waals surface area contributed by atoms with E-state index in [1.807, 2.05) is 24.3 Å². The number of carbonyl (C=O) groups is 2. The first-order chi connectivity index (χ1) is 10.7. The number of nitrogens with one attached hydrogen (secondary N) is 1. The first-order valence-corrected chi connectivity index (χ1v) is 9.05. The highest BCUT2D eigenvalue weighted by Gasteiger charge is 2.18. The third kappa shape index (κ3) is 3.78. The second-order valence-corrected chi connectivity index (χ2v) is 7.35. The van der Waals surface area contributed by atoms with E-state index in [0.717, 1.165) is 40.5 Å². The Morgan fingerprint density at radius 3 is 2.82 bits per heavy atom. The summed E-state index contributed by atoms with van der Waals surface area (Å²) in [6, 6.07) is 7.91. The molecule has 1 aliphatic heterocycles. The van der Waals surface area contributed by atoms with Crippen LogP contribution >= 0.6 is 23.1 Å². The maximum Gasteiger partial charge on any atom is 0.241 e. The van der Waals surface area contributed by atoms with Gasteiger partial charge >= 0.3 is 0 Å². The molecule has 22 heavy (non-hydrogen) atoms. The zero-order chi connectivity index (χ0) is 15.4. The van der Waals surface area contributed by atoms with Crippen LogP contribution in [0.15, 0.2) is 28.6 Å². The second kappa shape index (κ2) is 7.11. The van der Waals surface area contributed by atoms with Crippen LogP contribution in [0.5, 0.6) is 0 Å². The molecule has 1 saturated heterocycles. The van der Waals surface area contributed by atoms with E-state index in [1.165, 1.54) is 11.8 Å². The summed E-state index contributed by atoms with van der Waals surface area (Å²) in [6.45, 7) is 1.73. The van der Waals surface area contributed by atoms with Crippen molar-refractivity contribution in [3.8, 4) is 0 Å². The molecule has 2 heterocycles. The van der Waals surface area contributed by atoms with Gasteiger partial charge < -0.3 is 10.2 Å². The van der Waals surface area contributed by atoms with Gasteiger partial charge in [0, 0.05) is 13.1 Å². The molecule has 0 bridgehead atoms. The van der Waals surface area contributed by atoms with E-state index >= 15 is 0 Å². The van der Waals surface area contributed by atoms with Gasteiger partial charge in [0.1, 0.15) is 0 Å². The first-order valence-electron chi connectivity index (χ1n) is 7.25. The van der Waals surface area contributed by atoms with Gasteiger partial charge in [-0.25, -0.2) is 4.98 Å². The molecular weight excluding hydrogens is 318 g/mol. The quantitative estimate of drug-likeness (QED) is 0.850. The molecule has 2 aromatic rings. The number of rotatable bonds is 5. The lowest BCUT2D eigenvalue weighted by atomic mass is 10.3. The molecule has 0 spiro atoms. The van der Waals surface area contributed by atoms with Gasteiger partial charge in [0.15, 0.2) is 4.34 Å². The van der Waals surface area contributed by atoms with Crippen molar-refractivity contribution >= 4 is 45.1 Å². The molecule has 7 heteroatoms. The van der Waals surface area contributed by atoms with E-state index in [4.69, 9.17) is 0 Å². The number of carbonyl (C=O) groups excluding carboxylic acids is 2. The standard InChI is InChI=1S/C15H17N3O2S2/c19-13(16-9-14(20)18-7-3-4-8-18)10-21-15-17-11-5-1-2-6-12(11)22-15/h1-2,5-6H,3-4,7-10H2,(H,16,19). The van der Waals surface area contributed by atoms with E-state index in [1.54, 1.807) is 16.2 Å². The van der Waals surface area contributed by atoms with Crippen molar-refractivity contribution in [2.24, 2.45) is 0 Å². The number of likely N-dealkylation sites (tertiary alicyclic amines) is 1. The zero-order valence-corrected chi connectivity index (χ0v) is 13.7. The Bertz CT molecular complexity index is 647.